The topological polar surface area (TPSA) is 43.0 Å². The molecule has 0 saturated heterocycles. The first-order valence-electron chi connectivity index (χ1n) is 11.3. The van der Waals surface area contributed by atoms with Gasteiger partial charge in [-0.25, -0.2) is 0 Å². The van der Waals surface area contributed by atoms with Crippen LogP contribution in [0, 0.1) is 5.92 Å². The summed E-state index contributed by atoms with van der Waals surface area (Å²) < 4.78 is 13.4. The minimum atomic E-state index is -2.09. The summed E-state index contributed by atoms with van der Waals surface area (Å²) in [5, 5.41) is 0. The molecule has 0 aliphatic carbocycles. The highest BCUT2D eigenvalue weighted by molar-refractivity contribution is 6.87. The fraction of sp³-hybridized carbons (Fsp3) is 1.00. The Balaban J connectivity index is 4.35. The Morgan fingerprint density at radius 1 is 0.893 bits per heavy atom. The van der Waals surface area contributed by atoms with Crippen LogP contribution in [0.4, 0.5) is 0 Å². The van der Waals surface area contributed by atoms with Gasteiger partial charge in [0.25, 0.3) is 0 Å². The number of rotatable bonds is 17. The first kappa shape index (κ1) is 28.5. The van der Waals surface area contributed by atoms with Gasteiger partial charge in [-0.2, -0.15) is 5.48 Å². The molecule has 0 aromatic carbocycles. The average molecular weight is 451 g/mol. The first-order chi connectivity index (χ1) is 12.8. The Labute approximate surface area is 179 Å². The largest absolute Gasteiger partial charge is 0.437 e. The molecule has 5 nitrogen and oxygen atoms in total. The fourth-order valence-corrected chi connectivity index (χ4v) is 17.7. The van der Waals surface area contributed by atoms with E-state index >= 15 is 0 Å². The molecular formula is C20H50N2O3Si3. The maximum atomic E-state index is 6.72. The Morgan fingerprint density at radius 2 is 1.43 bits per heavy atom. The zero-order valence-corrected chi connectivity index (χ0v) is 23.6. The van der Waals surface area contributed by atoms with Crippen molar-refractivity contribution in [3.05, 3.63) is 0 Å². The molecule has 1 N–H and O–H groups in total. The summed E-state index contributed by atoms with van der Waals surface area (Å²) in [6, 6.07) is 2.42. The molecule has 0 aromatic heterocycles. The minimum absolute atomic E-state index is 0.693. The van der Waals surface area contributed by atoms with Crippen molar-refractivity contribution < 1.29 is 13.1 Å². The van der Waals surface area contributed by atoms with Crippen LogP contribution in [0.3, 0.4) is 0 Å². The van der Waals surface area contributed by atoms with E-state index in [9.17, 15) is 0 Å². The van der Waals surface area contributed by atoms with E-state index in [-0.39, 0.29) is 0 Å². The summed E-state index contributed by atoms with van der Waals surface area (Å²) >= 11 is 0. The van der Waals surface area contributed by atoms with E-state index in [1.54, 1.807) is 0 Å². The molecule has 170 valence electrons. The maximum Gasteiger partial charge on any atom is 0.311 e. The van der Waals surface area contributed by atoms with Gasteiger partial charge in [0.2, 0.25) is 0 Å². The molecule has 0 radical (unpaired) electrons. The van der Waals surface area contributed by atoms with Crippen molar-refractivity contribution in [1.82, 2.24) is 10.4 Å². The fourth-order valence-electron chi connectivity index (χ4n) is 3.65. The number of nitrogens with zero attached hydrogens (tertiary/aromatic N) is 1. The van der Waals surface area contributed by atoms with Crippen LogP contribution < -0.4 is 5.48 Å². The van der Waals surface area contributed by atoms with Crippen molar-refractivity contribution in [3.8, 4) is 0 Å². The van der Waals surface area contributed by atoms with Crippen molar-refractivity contribution in [2.75, 3.05) is 26.9 Å². The van der Waals surface area contributed by atoms with Gasteiger partial charge < -0.3 is 13.1 Å². The predicted molar refractivity (Wildman–Crippen MR) is 130 cm³/mol. The number of hydrogen-bond donors (Lipinski definition) is 1. The lowest BCUT2D eigenvalue weighted by atomic mass is 10.0. The summed E-state index contributed by atoms with van der Waals surface area (Å²) in [5.41, 5.74) is 2.97. The second-order valence-electron chi connectivity index (χ2n) is 9.95. The zero-order chi connectivity index (χ0) is 21.8. The standard InChI is InChI=1S/C20H50N2O3Si3/c1-11-20(3)15-13-17-26(5,6)24-28(9,10)25-27(7,8)18-14-16-22(4)19-21-23-12-2/h20-21H,11-19H2,1-10H3. The van der Waals surface area contributed by atoms with E-state index in [1.165, 1.54) is 31.4 Å². The lowest BCUT2D eigenvalue weighted by Crippen LogP contribution is -2.52. The molecule has 0 heterocycles. The second-order valence-corrected chi connectivity index (χ2v) is 22.4. The smallest absolute Gasteiger partial charge is 0.311 e. The van der Waals surface area contributed by atoms with Crippen LogP contribution in [0.15, 0.2) is 0 Å². The SMILES string of the molecule is CCONCN(C)CCC[Si](C)(C)O[Si](C)(C)O[Si](C)(C)CCCC(C)CC. The van der Waals surface area contributed by atoms with E-state index in [2.05, 4.69) is 70.6 Å². The quantitative estimate of drug-likeness (QED) is 0.132. The zero-order valence-electron chi connectivity index (χ0n) is 20.6. The Kier molecular flexibility index (Phi) is 13.9. The van der Waals surface area contributed by atoms with Crippen LogP contribution in [0.2, 0.25) is 51.4 Å². The van der Waals surface area contributed by atoms with Gasteiger partial charge in [0.15, 0.2) is 16.6 Å². The molecule has 1 atom stereocenters. The highest BCUT2D eigenvalue weighted by atomic mass is 28.5. The van der Waals surface area contributed by atoms with Gasteiger partial charge in [-0.1, -0.05) is 33.1 Å². The Morgan fingerprint density at radius 3 is 1.93 bits per heavy atom. The molecule has 28 heavy (non-hydrogen) atoms. The summed E-state index contributed by atoms with van der Waals surface area (Å²) in [6.45, 7) is 23.1. The molecule has 0 rings (SSSR count). The van der Waals surface area contributed by atoms with E-state index in [0.717, 1.165) is 25.6 Å². The van der Waals surface area contributed by atoms with Crippen LogP contribution in [-0.4, -0.2) is 57.0 Å². The van der Waals surface area contributed by atoms with Crippen molar-refractivity contribution in [2.45, 2.75) is 97.8 Å². The normalized spacial score (nSPS) is 14.7. The number of hydroxylamine groups is 1. The Hall–Kier alpha value is 0.451. The molecule has 0 fully saturated rings. The van der Waals surface area contributed by atoms with E-state index < -0.39 is 25.2 Å². The predicted octanol–water partition coefficient (Wildman–Crippen LogP) is 5.78. The summed E-state index contributed by atoms with van der Waals surface area (Å²) in [7, 11) is -3.34. The van der Waals surface area contributed by atoms with Crippen molar-refractivity contribution in [2.24, 2.45) is 5.92 Å². The number of nitrogens with one attached hydrogen (secondary N) is 1. The lowest BCUT2D eigenvalue weighted by molar-refractivity contribution is 0.0220. The molecule has 0 aliphatic heterocycles. The van der Waals surface area contributed by atoms with Crippen LogP contribution in [-0.2, 0) is 13.1 Å². The van der Waals surface area contributed by atoms with Gasteiger partial charge in [0.1, 0.15) is 0 Å². The van der Waals surface area contributed by atoms with E-state index in [0.29, 0.717) is 6.61 Å². The summed E-state index contributed by atoms with van der Waals surface area (Å²) in [5.74, 6) is 0.833. The van der Waals surface area contributed by atoms with Crippen molar-refractivity contribution in [1.29, 1.82) is 0 Å². The van der Waals surface area contributed by atoms with Crippen LogP contribution >= 0.6 is 0 Å². The van der Waals surface area contributed by atoms with Gasteiger partial charge in [0.05, 0.1) is 13.3 Å². The highest BCUT2D eigenvalue weighted by Crippen LogP contribution is 2.27. The molecule has 0 aromatic rings. The average Bonchev–Trinajstić information content (AvgIpc) is 2.52. The van der Waals surface area contributed by atoms with Gasteiger partial charge in [0, 0.05) is 0 Å². The Bertz CT molecular complexity index is 410. The van der Waals surface area contributed by atoms with Crippen LogP contribution in [0.5, 0.6) is 0 Å². The van der Waals surface area contributed by atoms with Gasteiger partial charge in [-0.3, -0.25) is 4.90 Å². The van der Waals surface area contributed by atoms with Crippen molar-refractivity contribution >= 4 is 25.2 Å². The molecule has 0 spiro atoms. The second kappa shape index (κ2) is 13.7. The van der Waals surface area contributed by atoms with E-state index in [4.69, 9.17) is 13.1 Å². The molecule has 0 amide bonds. The molecule has 8 heteroatoms. The lowest BCUT2D eigenvalue weighted by Gasteiger charge is -2.39. The van der Waals surface area contributed by atoms with Gasteiger partial charge in [-0.05, 0) is 84.2 Å². The van der Waals surface area contributed by atoms with E-state index in [1.807, 2.05) is 6.92 Å². The monoisotopic (exact) mass is 450 g/mol. The third-order valence-electron chi connectivity index (χ3n) is 5.12. The molecular weight excluding hydrogens is 400 g/mol. The van der Waals surface area contributed by atoms with Crippen LogP contribution in [0.1, 0.15) is 46.5 Å². The molecule has 0 aliphatic rings. The minimum Gasteiger partial charge on any atom is -0.437 e. The first-order valence-corrected chi connectivity index (χ1v) is 20.3. The van der Waals surface area contributed by atoms with Gasteiger partial charge >= 0.3 is 8.56 Å². The van der Waals surface area contributed by atoms with Crippen molar-refractivity contribution in [3.63, 3.8) is 0 Å². The molecule has 0 bridgehead atoms. The third kappa shape index (κ3) is 15.3. The summed E-state index contributed by atoms with van der Waals surface area (Å²) in [6.07, 6.45) is 5.05. The van der Waals surface area contributed by atoms with Crippen LogP contribution in [0.25, 0.3) is 0 Å². The third-order valence-corrected chi connectivity index (χ3v) is 16.6. The summed E-state index contributed by atoms with van der Waals surface area (Å²) in [4.78, 5) is 7.45. The molecule has 0 saturated carbocycles. The van der Waals surface area contributed by atoms with Gasteiger partial charge in [-0.15, -0.1) is 0 Å². The highest BCUT2D eigenvalue weighted by Gasteiger charge is 2.39. The maximum absolute atomic E-state index is 6.72. The number of hydrogen-bond acceptors (Lipinski definition) is 5. The molecule has 1 unspecified atom stereocenters.